The number of rotatable bonds is 9. The van der Waals surface area contributed by atoms with Gasteiger partial charge in [-0.2, -0.15) is 0 Å². The van der Waals surface area contributed by atoms with E-state index >= 15 is 0 Å². The van der Waals surface area contributed by atoms with Gasteiger partial charge in [-0.3, -0.25) is 9.10 Å². The van der Waals surface area contributed by atoms with Crippen LogP contribution in [0.1, 0.15) is 43.4 Å². The van der Waals surface area contributed by atoms with E-state index in [0.717, 1.165) is 18.2 Å². The van der Waals surface area contributed by atoms with Crippen LogP contribution in [-0.2, 0) is 14.8 Å². The minimum atomic E-state index is -3.51. The summed E-state index contributed by atoms with van der Waals surface area (Å²) in [4.78, 5) is 12.5. The van der Waals surface area contributed by atoms with E-state index < -0.39 is 10.0 Å². The quantitative estimate of drug-likeness (QED) is 0.636. The first kappa shape index (κ1) is 22.9. The summed E-state index contributed by atoms with van der Waals surface area (Å²) in [6.45, 7) is 5.15. The van der Waals surface area contributed by atoms with Crippen molar-refractivity contribution in [3.63, 3.8) is 0 Å². The number of ether oxygens (including phenoxy) is 2. The maximum atomic E-state index is 12.5. The minimum absolute atomic E-state index is 0.0584. The molecule has 7 nitrogen and oxygen atoms in total. The molecule has 1 atom stereocenters. The van der Waals surface area contributed by atoms with Crippen molar-refractivity contribution in [2.24, 2.45) is 0 Å². The van der Waals surface area contributed by atoms with Gasteiger partial charge in [-0.05, 0) is 37.5 Å². The first-order chi connectivity index (χ1) is 14.8. The first-order valence-electron chi connectivity index (χ1n) is 10.5. The maximum Gasteiger partial charge on any atom is 0.232 e. The molecule has 0 unspecified atom stereocenters. The van der Waals surface area contributed by atoms with Gasteiger partial charge in [0.1, 0.15) is 13.2 Å². The average Bonchev–Trinajstić information content (AvgIpc) is 2.74. The first-order valence-corrected chi connectivity index (χ1v) is 12.4. The second-order valence-electron chi connectivity index (χ2n) is 7.71. The van der Waals surface area contributed by atoms with Gasteiger partial charge in [0, 0.05) is 19.0 Å². The van der Waals surface area contributed by atoms with E-state index in [4.69, 9.17) is 9.47 Å². The monoisotopic (exact) mass is 446 g/mol. The van der Waals surface area contributed by atoms with Crippen LogP contribution in [0.5, 0.6) is 11.5 Å². The zero-order valence-corrected chi connectivity index (χ0v) is 19.1. The molecule has 1 aliphatic heterocycles. The Morgan fingerprint density at radius 3 is 2.42 bits per heavy atom. The Morgan fingerprint density at radius 1 is 1.10 bits per heavy atom. The topological polar surface area (TPSA) is 84.9 Å². The van der Waals surface area contributed by atoms with E-state index in [0.29, 0.717) is 36.8 Å². The maximum absolute atomic E-state index is 12.5. The molecular weight excluding hydrogens is 416 g/mol. The highest BCUT2D eigenvalue weighted by Crippen LogP contribution is 2.34. The second-order valence-corrected chi connectivity index (χ2v) is 9.61. The van der Waals surface area contributed by atoms with Crippen LogP contribution in [0.15, 0.2) is 42.5 Å². The predicted octanol–water partition coefficient (Wildman–Crippen LogP) is 3.58. The molecule has 0 fully saturated rings. The SMILES string of the molecule is CC[C@H](NC(=O)CCCN(c1ccc2c(c1)OCCO2)S(C)(=O)=O)c1ccc(C)cc1. The van der Waals surface area contributed by atoms with Crippen LogP contribution in [0, 0.1) is 6.92 Å². The Morgan fingerprint density at radius 2 is 1.77 bits per heavy atom. The summed E-state index contributed by atoms with van der Waals surface area (Å²) in [5.41, 5.74) is 2.73. The molecule has 0 radical (unpaired) electrons. The van der Waals surface area contributed by atoms with Crippen molar-refractivity contribution in [3.8, 4) is 11.5 Å². The van der Waals surface area contributed by atoms with Crippen molar-refractivity contribution in [1.82, 2.24) is 5.32 Å². The van der Waals surface area contributed by atoms with Crippen molar-refractivity contribution in [2.75, 3.05) is 30.3 Å². The highest BCUT2D eigenvalue weighted by atomic mass is 32.2. The number of hydrogen-bond donors (Lipinski definition) is 1. The van der Waals surface area contributed by atoms with Crippen LogP contribution in [0.25, 0.3) is 0 Å². The fraction of sp³-hybridized carbons (Fsp3) is 0.435. The molecule has 0 saturated heterocycles. The van der Waals surface area contributed by atoms with Gasteiger partial charge in [0.25, 0.3) is 0 Å². The van der Waals surface area contributed by atoms with Gasteiger partial charge in [0.05, 0.1) is 18.0 Å². The standard InChI is InChI=1S/C23H30N2O5S/c1-4-20(18-9-7-17(2)8-10-18)24-23(26)6-5-13-25(31(3,27)28)19-11-12-21-22(16-19)30-15-14-29-21/h7-12,16,20H,4-6,13-15H2,1-3H3,(H,24,26)/t20-/m0/s1. The Labute approximate surface area is 184 Å². The third kappa shape index (κ3) is 6.13. The molecule has 1 aliphatic rings. The normalized spacial score (nSPS) is 14.0. The van der Waals surface area contributed by atoms with E-state index in [-0.39, 0.29) is 24.9 Å². The van der Waals surface area contributed by atoms with Crippen molar-refractivity contribution in [2.45, 2.75) is 39.2 Å². The molecule has 0 aromatic heterocycles. The number of benzene rings is 2. The van der Waals surface area contributed by atoms with E-state index in [9.17, 15) is 13.2 Å². The summed E-state index contributed by atoms with van der Waals surface area (Å²) >= 11 is 0. The Hall–Kier alpha value is -2.74. The zero-order valence-electron chi connectivity index (χ0n) is 18.3. The Balaban J connectivity index is 1.61. The van der Waals surface area contributed by atoms with Gasteiger partial charge < -0.3 is 14.8 Å². The summed E-state index contributed by atoms with van der Waals surface area (Å²) in [6, 6.07) is 13.1. The van der Waals surface area contributed by atoms with Gasteiger partial charge in [-0.1, -0.05) is 36.8 Å². The van der Waals surface area contributed by atoms with Crippen molar-refractivity contribution >= 4 is 21.6 Å². The van der Waals surface area contributed by atoms with Gasteiger partial charge in [-0.25, -0.2) is 8.42 Å². The number of sulfonamides is 1. The molecule has 0 spiro atoms. The lowest BCUT2D eigenvalue weighted by Crippen LogP contribution is -2.33. The van der Waals surface area contributed by atoms with Crippen LogP contribution in [0.3, 0.4) is 0 Å². The fourth-order valence-corrected chi connectivity index (χ4v) is 4.50. The number of nitrogens with one attached hydrogen (secondary N) is 1. The van der Waals surface area contributed by atoms with Crippen molar-refractivity contribution in [1.29, 1.82) is 0 Å². The molecular formula is C23H30N2O5S. The molecule has 0 aliphatic carbocycles. The molecule has 168 valence electrons. The molecule has 1 heterocycles. The predicted molar refractivity (Wildman–Crippen MR) is 121 cm³/mol. The largest absolute Gasteiger partial charge is 0.486 e. The van der Waals surface area contributed by atoms with E-state index in [1.807, 2.05) is 38.1 Å². The van der Waals surface area contributed by atoms with E-state index in [1.165, 1.54) is 9.87 Å². The minimum Gasteiger partial charge on any atom is -0.486 e. The number of anilines is 1. The molecule has 2 aromatic rings. The summed E-state index contributed by atoms with van der Waals surface area (Å²) in [5, 5.41) is 3.05. The number of hydrogen-bond acceptors (Lipinski definition) is 5. The molecule has 2 aromatic carbocycles. The lowest BCUT2D eigenvalue weighted by Gasteiger charge is -2.25. The van der Waals surface area contributed by atoms with Gasteiger partial charge in [0.2, 0.25) is 15.9 Å². The van der Waals surface area contributed by atoms with Crippen molar-refractivity contribution < 1.29 is 22.7 Å². The van der Waals surface area contributed by atoms with Gasteiger partial charge >= 0.3 is 0 Å². The summed E-state index contributed by atoms with van der Waals surface area (Å²) in [5.74, 6) is 1.03. The molecule has 31 heavy (non-hydrogen) atoms. The zero-order chi connectivity index (χ0) is 22.4. The average molecular weight is 447 g/mol. The molecule has 3 rings (SSSR count). The lowest BCUT2D eigenvalue weighted by molar-refractivity contribution is -0.121. The van der Waals surface area contributed by atoms with E-state index in [2.05, 4.69) is 5.32 Å². The van der Waals surface area contributed by atoms with Crippen LogP contribution in [0.2, 0.25) is 0 Å². The lowest BCUT2D eigenvalue weighted by atomic mass is 10.0. The van der Waals surface area contributed by atoms with Crippen LogP contribution in [-0.4, -0.2) is 40.3 Å². The van der Waals surface area contributed by atoms with Crippen LogP contribution < -0.4 is 19.1 Å². The molecule has 0 saturated carbocycles. The van der Waals surface area contributed by atoms with Crippen LogP contribution in [0.4, 0.5) is 5.69 Å². The summed E-state index contributed by atoms with van der Waals surface area (Å²) in [6.07, 6.45) is 2.58. The number of nitrogens with zero attached hydrogens (tertiary/aromatic N) is 1. The number of carbonyl (C=O) groups is 1. The third-order valence-corrected chi connectivity index (χ3v) is 6.40. The van der Waals surface area contributed by atoms with Crippen molar-refractivity contribution in [3.05, 3.63) is 53.6 Å². The molecule has 1 N–H and O–H groups in total. The smallest absolute Gasteiger partial charge is 0.232 e. The third-order valence-electron chi connectivity index (χ3n) is 5.20. The van der Waals surface area contributed by atoms with Crippen LogP contribution >= 0.6 is 0 Å². The Kier molecular flexibility index (Phi) is 7.43. The fourth-order valence-electron chi connectivity index (χ4n) is 3.54. The highest BCUT2D eigenvalue weighted by Gasteiger charge is 2.21. The molecule has 1 amide bonds. The van der Waals surface area contributed by atoms with E-state index in [1.54, 1.807) is 18.2 Å². The molecule has 8 heteroatoms. The van der Waals surface area contributed by atoms with Gasteiger partial charge in [-0.15, -0.1) is 0 Å². The number of amides is 1. The Bertz CT molecular complexity index is 1010. The second kappa shape index (κ2) is 10.0. The number of aryl methyl sites for hydroxylation is 1. The number of carbonyl (C=O) groups excluding carboxylic acids is 1. The van der Waals surface area contributed by atoms with Gasteiger partial charge in [0.15, 0.2) is 11.5 Å². The summed E-state index contributed by atoms with van der Waals surface area (Å²) in [7, 11) is -3.51. The highest BCUT2D eigenvalue weighted by molar-refractivity contribution is 7.92. The summed E-state index contributed by atoms with van der Waals surface area (Å²) < 4.78 is 37.1. The number of fused-ring (bicyclic) bond motifs is 1. The molecule has 0 bridgehead atoms.